The molecule has 0 spiro atoms. The van der Waals surface area contributed by atoms with E-state index in [-0.39, 0.29) is 5.54 Å². The van der Waals surface area contributed by atoms with Gasteiger partial charge in [0.2, 0.25) is 0 Å². The van der Waals surface area contributed by atoms with Crippen LogP contribution in [0, 0.1) is 20.8 Å². The Morgan fingerprint density at radius 3 is 2.77 bits per heavy atom. The number of benzene rings is 1. The number of likely N-dealkylation sites (tertiary alicyclic amines) is 1. The van der Waals surface area contributed by atoms with Crippen LogP contribution in [0.2, 0.25) is 0 Å². The standard InChI is InChI=1S/C25H34N2O2S/c1-16-11-24(30-18(16)3)19-9-10-27(25(4,5)13-19)14-20(28)15-29-23-8-6-7-22-21(23)12-17(2)26-22/h6-8,11-12,19-20,26,28H,9-10,13-15H2,1-5H3. The molecular formula is C25H34N2O2S. The number of β-amino-alcohol motifs (C(OH)–C–C–N with tert-alkyl or cyclic N) is 1. The topological polar surface area (TPSA) is 48.5 Å². The van der Waals surface area contributed by atoms with Crippen molar-refractivity contribution in [3.8, 4) is 5.75 Å². The van der Waals surface area contributed by atoms with Gasteiger partial charge in [-0.05, 0) is 89.8 Å². The molecule has 3 heterocycles. The number of piperidine rings is 1. The first-order chi connectivity index (χ1) is 14.2. The van der Waals surface area contributed by atoms with Crippen LogP contribution in [0.3, 0.4) is 0 Å². The van der Waals surface area contributed by atoms with Gasteiger partial charge in [-0.15, -0.1) is 11.3 Å². The third-order valence-corrected chi connectivity index (χ3v) is 7.87. The Morgan fingerprint density at radius 2 is 2.07 bits per heavy atom. The summed E-state index contributed by atoms with van der Waals surface area (Å²) in [4.78, 5) is 8.73. The molecule has 0 saturated carbocycles. The SMILES string of the molecule is Cc1cc2c(OCC(O)CN3CCC(c4cc(C)c(C)s4)CC3(C)C)cccc2[nH]1. The van der Waals surface area contributed by atoms with Crippen LogP contribution < -0.4 is 4.74 Å². The summed E-state index contributed by atoms with van der Waals surface area (Å²) in [7, 11) is 0. The van der Waals surface area contributed by atoms with Crippen LogP contribution in [0.5, 0.6) is 5.75 Å². The van der Waals surface area contributed by atoms with Crippen LogP contribution in [0.4, 0.5) is 0 Å². The summed E-state index contributed by atoms with van der Waals surface area (Å²) in [5.74, 6) is 1.45. The number of aromatic amines is 1. The van der Waals surface area contributed by atoms with Gasteiger partial charge in [0.05, 0.1) is 0 Å². The minimum atomic E-state index is -0.512. The normalized spacial score (nSPS) is 20.5. The van der Waals surface area contributed by atoms with Gasteiger partial charge < -0.3 is 14.8 Å². The van der Waals surface area contributed by atoms with Crippen molar-refractivity contribution in [1.29, 1.82) is 0 Å². The maximum atomic E-state index is 10.7. The number of aryl methyl sites for hydroxylation is 3. The summed E-state index contributed by atoms with van der Waals surface area (Å²) in [6.45, 7) is 13.1. The van der Waals surface area contributed by atoms with Crippen molar-refractivity contribution in [1.82, 2.24) is 9.88 Å². The van der Waals surface area contributed by atoms with E-state index in [1.165, 1.54) is 15.3 Å². The van der Waals surface area contributed by atoms with E-state index in [1.807, 2.05) is 30.4 Å². The van der Waals surface area contributed by atoms with Crippen LogP contribution in [0.1, 0.15) is 53.6 Å². The lowest BCUT2D eigenvalue weighted by Gasteiger charge is -2.46. The first-order valence-electron chi connectivity index (χ1n) is 10.9. The van der Waals surface area contributed by atoms with Crippen molar-refractivity contribution in [2.24, 2.45) is 0 Å². The maximum absolute atomic E-state index is 10.7. The first kappa shape index (κ1) is 21.4. The number of hydrogen-bond acceptors (Lipinski definition) is 4. The average molecular weight is 427 g/mol. The van der Waals surface area contributed by atoms with Crippen LogP contribution >= 0.6 is 11.3 Å². The van der Waals surface area contributed by atoms with E-state index in [0.717, 1.165) is 41.7 Å². The zero-order valence-corrected chi connectivity index (χ0v) is 19.6. The molecule has 2 aromatic heterocycles. The molecule has 5 heteroatoms. The zero-order valence-electron chi connectivity index (χ0n) is 18.8. The Bertz CT molecular complexity index is 1000. The Kier molecular flexibility index (Phi) is 5.97. The summed E-state index contributed by atoms with van der Waals surface area (Å²) in [5.41, 5.74) is 3.66. The highest BCUT2D eigenvalue weighted by Crippen LogP contribution is 2.40. The van der Waals surface area contributed by atoms with E-state index in [1.54, 1.807) is 0 Å². The minimum absolute atomic E-state index is 0.0630. The first-order valence-corrected chi connectivity index (χ1v) is 11.8. The van der Waals surface area contributed by atoms with Crippen molar-refractivity contribution >= 4 is 22.2 Å². The lowest BCUT2D eigenvalue weighted by molar-refractivity contribution is 0.00395. The van der Waals surface area contributed by atoms with Gasteiger partial charge in [-0.2, -0.15) is 0 Å². The molecule has 1 saturated heterocycles. The zero-order chi connectivity index (χ0) is 21.5. The van der Waals surface area contributed by atoms with E-state index < -0.39 is 6.10 Å². The van der Waals surface area contributed by atoms with Crippen molar-refractivity contribution in [3.05, 3.63) is 51.3 Å². The molecule has 2 unspecified atom stereocenters. The number of thiophene rings is 1. The number of aromatic nitrogens is 1. The van der Waals surface area contributed by atoms with Gasteiger partial charge in [0, 0.05) is 38.4 Å². The van der Waals surface area contributed by atoms with Gasteiger partial charge in [-0.25, -0.2) is 0 Å². The van der Waals surface area contributed by atoms with Crippen LogP contribution in [-0.2, 0) is 0 Å². The van der Waals surface area contributed by atoms with Gasteiger partial charge in [0.25, 0.3) is 0 Å². The number of nitrogens with zero attached hydrogens (tertiary/aromatic N) is 1. The fraction of sp³-hybridized carbons (Fsp3) is 0.520. The average Bonchev–Trinajstić information content (AvgIpc) is 3.23. The fourth-order valence-electron chi connectivity index (χ4n) is 4.72. The monoisotopic (exact) mass is 426 g/mol. The predicted octanol–water partition coefficient (Wildman–Crippen LogP) is 5.55. The number of nitrogens with one attached hydrogen (secondary N) is 1. The Labute approximate surface area is 183 Å². The summed E-state index contributed by atoms with van der Waals surface area (Å²) in [5, 5.41) is 11.8. The molecule has 0 radical (unpaired) electrons. The number of aliphatic hydroxyl groups excluding tert-OH is 1. The van der Waals surface area contributed by atoms with Gasteiger partial charge in [-0.3, -0.25) is 4.90 Å². The van der Waals surface area contributed by atoms with Crippen molar-refractivity contribution in [2.75, 3.05) is 19.7 Å². The molecule has 1 aromatic carbocycles. The quantitative estimate of drug-likeness (QED) is 0.543. The molecule has 4 rings (SSSR count). The largest absolute Gasteiger partial charge is 0.490 e. The second-order valence-corrected chi connectivity index (χ2v) is 10.8. The molecule has 1 fully saturated rings. The van der Waals surface area contributed by atoms with Gasteiger partial charge in [0.15, 0.2) is 0 Å². The molecule has 0 aliphatic carbocycles. The van der Waals surface area contributed by atoms with Crippen LogP contribution in [0.15, 0.2) is 30.3 Å². The van der Waals surface area contributed by atoms with E-state index in [0.29, 0.717) is 19.1 Å². The number of ether oxygens (including phenoxy) is 1. The second kappa shape index (κ2) is 8.37. The number of aliphatic hydroxyl groups is 1. The molecule has 0 bridgehead atoms. The molecule has 3 aromatic rings. The minimum Gasteiger partial charge on any atom is -0.490 e. The summed E-state index contributed by atoms with van der Waals surface area (Å²) in [6, 6.07) is 10.5. The third kappa shape index (κ3) is 4.43. The van der Waals surface area contributed by atoms with E-state index in [2.05, 4.69) is 55.8 Å². The number of H-pyrrole nitrogens is 1. The molecule has 1 aliphatic heterocycles. The summed E-state index contributed by atoms with van der Waals surface area (Å²) >= 11 is 1.95. The highest BCUT2D eigenvalue weighted by atomic mass is 32.1. The molecule has 4 nitrogen and oxygen atoms in total. The van der Waals surface area contributed by atoms with E-state index >= 15 is 0 Å². The third-order valence-electron chi connectivity index (χ3n) is 6.56. The smallest absolute Gasteiger partial charge is 0.128 e. The Balaban J connectivity index is 1.35. The van der Waals surface area contributed by atoms with E-state index in [9.17, 15) is 5.11 Å². The number of hydrogen-bond donors (Lipinski definition) is 2. The van der Waals surface area contributed by atoms with E-state index in [4.69, 9.17) is 4.74 Å². The highest BCUT2D eigenvalue weighted by Gasteiger charge is 2.36. The molecule has 162 valence electrons. The molecule has 2 N–H and O–H groups in total. The Morgan fingerprint density at radius 1 is 1.27 bits per heavy atom. The second-order valence-electron chi connectivity index (χ2n) is 9.47. The van der Waals surface area contributed by atoms with Crippen LogP contribution in [-0.4, -0.2) is 46.3 Å². The molecular weight excluding hydrogens is 392 g/mol. The van der Waals surface area contributed by atoms with Crippen molar-refractivity contribution < 1.29 is 9.84 Å². The fourth-order valence-corrected chi connectivity index (χ4v) is 5.90. The van der Waals surface area contributed by atoms with Crippen molar-refractivity contribution in [2.45, 2.75) is 65.0 Å². The lowest BCUT2D eigenvalue weighted by Crippen LogP contribution is -2.52. The summed E-state index contributed by atoms with van der Waals surface area (Å²) < 4.78 is 6.02. The molecule has 1 aliphatic rings. The Hall–Kier alpha value is -1.82. The highest BCUT2D eigenvalue weighted by molar-refractivity contribution is 7.12. The van der Waals surface area contributed by atoms with Crippen LogP contribution in [0.25, 0.3) is 10.9 Å². The molecule has 2 atom stereocenters. The van der Waals surface area contributed by atoms with Gasteiger partial charge in [0.1, 0.15) is 18.5 Å². The number of rotatable bonds is 6. The summed E-state index contributed by atoms with van der Waals surface area (Å²) in [6.07, 6.45) is 1.77. The van der Waals surface area contributed by atoms with Crippen molar-refractivity contribution in [3.63, 3.8) is 0 Å². The van der Waals surface area contributed by atoms with Gasteiger partial charge >= 0.3 is 0 Å². The molecule has 30 heavy (non-hydrogen) atoms. The lowest BCUT2D eigenvalue weighted by atomic mass is 9.81. The maximum Gasteiger partial charge on any atom is 0.128 e. The van der Waals surface area contributed by atoms with Gasteiger partial charge in [-0.1, -0.05) is 6.07 Å². The predicted molar refractivity (Wildman–Crippen MR) is 126 cm³/mol. The molecule has 0 amide bonds. The number of fused-ring (bicyclic) bond motifs is 1.